The van der Waals surface area contributed by atoms with Gasteiger partial charge in [0.1, 0.15) is 5.84 Å². The number of sulfonamides is 1. The number of nitrogens with zero attached hydrogens (tertiary/aromatic N) is 1. The maximum Gasteiger partial charge on any atom is 0.283 e. The van der Waals surface area contributed by atoms with E-state index in [0.717, 1.165) is 5.56 Å². The van der Waals surface area contributed by atoms with Crippen LogP contribution in [0.4, 0.5) is 0 Å². The Bertz CT molecular complexity index is 442. The lowest BCUT2D eigenvalue weighted by atomic mass is 10.2. The van der Waals surface area contributed by atoms with E-state index in [1.54, 1.807) is 12.1 Å². The fourth-order valence-corrected chi connectivity index (χ4v) is 1.92. The second-order valence-electron chi connectivity index (χ2n) is 3.02. The van der Waals surface area contributed by atoms with Crippen molar-refractivity contribution in [3.05, 3.63) is 29.8 Å². The monoisotopic (exact) mass is 212 g/mol. The highest BCUT2D eigenvalue weighted by molar-refractivity contribution is 7.90. The van der Waals surface area contributed by atoms with Gasteiger partial charge >= 0.3 is 0 Å². The zero-order chi connectivity index (χ0) is 10.8. The summed E-state index contributed by atoms with van der Waals surface area (Å²) >= 11 is 0. The number of hydrogen-bond acceptors (Lipinski definition) is 2. The topological polar surface area (TPSA) is 72.5 Å². The van der Waals surface area contributed by atoms with Gasteiger partial charge in [-0.15, -0.1) is 4.40 Å². The van der Waals surface area contributed by atoms with Gasteiger partial charge in [0.15, 0.2) is 0 Å². The van der Waals surface area contributed by atoms with Crippen LogP contribution >= 0.6 is 0 Å². The molecule has 0 unspecified atom stereocenters. The van der Waals surface area contributed by atoms with Gasteiger partial charge in [0.05, 0.1) is 4.90 Å². The molecule has 0 heterocycles. The largest absolute Gasteiger partial charge is 0.387 e. The van der Waals surface area contributed by atoms with Crippen molar-refractivity contribution in [3.8, 4) is 0 Å². The minimum atomic E-state index is -3.61. The Balaban J connectivity index is 3.18. The number of benzene rings is 1. The van der Waals surface area contributed by atoms with Crippen LogP contribution in [0.1, 0.15) is 12.5 Å². The van der Waals surface area contributed by atoms with E-state index in [1.165, 1.54) is 19.1 Å². The van der Waals surface area contributed by atoms with Crippen LogP contribution < -0.4 is 5.73 Å². The van der Waals surface area contributed by atoms with Crippen LogP contribution in [-0.4, -0.2) is 14.3 Å². The van der Waals surface area contributed by atoms with Gasteiger partial charge in [0, 0.05) is 0 Å². The summed E-state index contributed by atoms with van der Waals surface area (Å²) in [7, 11) is -3.61. The molecule has 0 saturated heterocycles. The van der Waals surface area contributed by atoms with Crippen molar-refractivity contribution < 1.29 is 8.42 Å². The molecule has 0 aliphatic rings. The van der Waals surface area contributed by atoms with Crippen molar-refractivity contribution >= 4 is 15.9 Å². The number of rotatable bonds is 2. The van der Waals surface area contributed by atoms with Crippen LogP contribution in [0.5, 0.6) is 0 Å². The molecule has 0 amide bonds. The molecule has 0 aliphatic carbocycles. The first-order chi connectivity index (χ1) is 6.42. The molecular formula is C9H12N2O2S. The van der Waals surface area contributed by atoms with Crippen molar-refractivity contribution in [2.24, 2.45) is 10.1 Å². The fraction of sp³-hybridized carbons (Fsp3) is 0.222. The standard InChI is InChI=1S/C9H12N2O2S/c1-7-3-5-9(6-4-7)14(12,13)11-8(2)10/h3-6H,1-2H3,(H2,10,11). The lowest BCUT2D eigenvalue weighted by Gasteiger charge is -1.99. The summed E-state index contributed by atoms with van der Waals surface area (Å²) in [4.78, 5) is 0.160. The maximum absolute atomic E-state index is 11.5. The van der Waals surface area contributed by atoms with Crippen LogP contribution in [-0.2, 0) is 10.0 Å². The molecule has 0 bridgehead atoms. The van der Waals surface area contributed by atoms with Gasteiger partial charge in [-0.2, -0.15) is 8.42 Å². The van der Waals surface area contributed by atoms with E-state index in [-0.39, 0.29) is 10.7 Å². The van der Waals surface area contributed by atoms with Crippen LogP contribution in [0.2, 0.25) is 0 Å². The van der Waals surface area contributed by atoms with E-state index in [9.17, 15) is 8.42 Å². The van der Waals surface area contributed by atoms with Crippen molar-refractivity contribution in [3.63, 3.8) is 0 Å². The van der Waals surface area contributed by atoms with E-state index in [4.69, 9.17) is 5.73 Å². The summed E-state index contributed by atoms with van der Waals surface area (Å²) in [5, 5.41) is 0. The molecule has 1 aromatic rings. The predicted molar refractivity (Wildman–Crippen MR) is 55.7 cm³/mol. The number of aryl methyl sites for hydroxylation is 1. The summed E-state index contributed by atoms with van der Waals surface area (Å²) in [6, 6.07) is 6.46. The second-order valence-corrected chi connectivity index (χ2v) is 4.62. The van der Waals surface area contributed by atoms with E-state index >= 15 is 0 Å². The highest BCUT2D eigenvalue weighted by atomic mass is 32.2. The molecular weight excluding hydrogens is 200 g/mol. The Morgan fingerprint density at radius 2 is 1.79 bits per heavy atom. The zero-order valence-corrected chi connectivity index (χ0v) is 8.88. The van der Waals surface area contributed by atoms with Crippen LogP contribution in [0, 0.1) is 6.92 Å². The van der Waals surface area contributed by atoms with Crippen LogP contribution in [0.25, 0.3) is 0 Å². The molecule has 1 aromatic carbocycles. The van der Waals surface area contributed by atoms with Gasteiger partial charge < -0.3 is 5.73 Å². The molecule has 0 spiro atoms. The third-order valence-electron chi connectivity index (χ3n) is 1.58. The average molecular weight is 212 g/mol. The van der Waals surface area contributed by atoms with Crippen LogP contribution in [0.15, 0.2) is 33.6 Å². The first kappa shape index (κ1) is 10.7. The highest BCUT2D eigenvalue weighted by Gasteiger charge is 2.11. The first-order valence-corrected chi connectivity index (χ1v) is 5.49. The quantitative estimate of drug-likeness (QED) is 0.588. The van der Waals surface area contributed by atoms with Gasteiger partial charge in [-0.3, -0.25) is 0 Å². The molecule has 1 rings (SSSR count). The van der Waals surface area contributed by atoms with Gasteiger partial charge in [-0.1, -0.05) is 17.7 Å². The van der Waals surface area contributed by atoms with Crippen molar-refractivity contribution in [1.82, 2.24) is 0 Å². The Hall–Kier alpha value is -1.36. The number of nitrogens with two attached hydrogens (primary N) is 1. The average Bonchev–Trinajstić information content (AvgIpc) is 2.02. The second kappa shape index (κ2) is 3.79. The van der Waals surface area contributed by atoms with E-state index < -0.39 is 10.0 Å². The zero-order valence-electron chi connectivity index (χ0n) is 8.06. The van der Waals surface area contributed by atoms with Gasteiger partial charge in [-0.05, 0) is 26.0 Å². The van der Waals surface area contributed by atoms with Gasteiger partial charge in [0.25, 0.3) is 10.0 Å². The minimum absolute atomic E-state index is 0.0329. The van der Waals surface area contributed by atoms with Crippen LogP contribution in [0.3, 0.4) is 0 Å². The molecule has 0 fully saturated rings. The van der Waals surface area contributed by atoms with E-state index in [1.807, 2.05) is 6.92 Å². The molecule has 2 N–H and O–H groups in total. The predicted octanol–water partition coefficient (Wildman–Crippen LogP) is 1.06. The molecule has 0 aromatic heterocycles. The molecule has 0 atom stereocenters. The lowest BCUT2D eigenvalue weighted by molar-refractivity contribution is 0.598. The summed E-state index contributed by atoms with van der Waals surface area (Å²) < 4.78 is 26.3. The normalized spacial score (nSPS) is 12.9. The van der Waals surface area contributed by atoms with Gasteiger partial charge in [0.2, 0.25) is 0 Å². The summed E-state index contributed by atoms with van der Waals surface area (Å²) in [5.41, 5.74) is 6.21. The lowest BCUT2D eigenvalue weighted by Crippen LogP contribution is -2.09. The molecule has 5 heteroatoms. The van der Waals surface area contributed by atoms with Crippen molar-refractivity contribution in [2.45, 2.75) is 18.7 Å². The third-order valence-corrected chi connectivity index (χ3v) is 2.98. The Morgan fingerprint density at radius 1 is 1.29 bits per heavy atom. The molecule has 0 aliphatic heterocycles. The van der Waals surface area contributed by atoms with E-state index in [0.29, 0.717) is 0 Å². The van der Waals surface area contributed by atoms with E-state index in [2.05, 4.69) is 4.40 Å². The summed E-state index contributed by atoms with van der Waals surface area (Å²) in [6.07, 6.45) is 0. The Kier molecular flexibility index (Phi) is 2.90. The van der Waals surface area contributed by atoms with Crippen molar-refractivity contribution in [2.75, 3.05) is 0 Å². The number of amidine groups is 1. The number of hydrogen-bond donors (Lipinski definition) is 1. The fourth-order valence-electron chi connectivity index (χ4n) is 0.953. The SMILES string of the molecule is CC(N)=NS(=O)(=O)c1ccc(C)cc1. The molecule has 76 valence electrons. The molecule has 14 heavy (non-hydrogen) atoms. The van der Waals surface area contributed by atoms with Gasteiger partial charge in [-0.25, -0.2) is 0 Å². The minimum Gasteiger partial charge on any atom is -0.387 e. The molecule has 0 radical (unpaired) electrons. The first-order valence-electron chi connectivity index (χ1n) is 4.05. The van der Waals surface area contributed by atoms with Crippen molar-refractivity contribution in [1.29, 1.82) is 0 Å². The summed E-state index contributed by atoms with van der Waals surface area (Å²) in [5.74, 6) is 0.0329. The Morgan fingerprint density at radius 3 is 2.21 bits per heavy atom. The maximum atomic E-state index is 11.5. The molecule has 0 saturated carbocycles. The smallest absolute Gasteiger partial charge is 0.283 e. The Labute approximate surface area is 83.5 Å². The summed E-state index contributed by atoms with van der Waals surface area (Å²) in [6.45, 7) is 3.32. The molecule has 4 nitrogen and oxygen atoms in total. The third kappa shape index (κ3) is 2.56. The highest BCUT2D eigenvalue weighted by Crippen LogP contribution is 2.12.